The van der Waals surface area contributed by atoms with Gasteiger partial charge in [-0.1, -0.05) is 40.0 Å². The number of hydrogen-bond acceptors (Lipinski definition) is 3. The lowest BCUT2D eigenvalue weighted by molar-refractivity contribution is 0.300. The topological polar surface area (TPSA) is 45.2 Å². The van der Waals surface area contributed by atoms with Crippen molar-refractivity contribution in [3.05, 3.63) is 23.5 Å². The maximum Gasteiger partial charge on any atom is 0.138 e. The number of unbranched alkanes of at least 4 members (excludes halogenated alkanes) is 2. The molecule has 0 aliphatic rings. The molecule has 1 rings (SSSR count). The average Bonchev–Trinajstić information content (AvgIpc) is 2.33. The summed E-state index contributed by atoms with van der Waals surface area (Å²) in [6.45, 7) is 10.3. The largest absolute Gasteiger partial charge is 0.506 e. The number of nitrogens with zero attached hydrogens (tertiary/aromatic N) is 1. The van der Waals surface area contributed by atoms with Gasteiger partial charge in [-0.3, -0.25) is 4.98 Å². The fourth-order valence-electron chi connectivity index (χ4n) is 2.19. The van der Waals surface area contributed by atoms with Gasteiger partial charge in [0, 0.05) is 18.8 Å². The van der Waals surface area contributed by atoms with Crippen molar-refractivity contribution in [2.24, 2.45) is 5.41 Å². The summed E-state index contributed by atoms with van der Waals surface area (Å²) in [4.78, 5) is 4.36. The van der Waals surface area contributed by atoms with E-state index in [-0.39, 0.29) is 5.75 Å². The third kappa shape index (κ3) is 6.06. The van der Waals surface area contributed by atoms with E-state index in [9.17, 15) is 5.11 Å². The zero-order valence-electron chi connectivity index (χ0n) is 12.8. The van der Waals surface area contributed by atoms with Crippen LogP contribution in [-0.2, 0) is 6.54 Å². The van der Waals surface area contributed by atoms with Gasteiger partial charge in [-0.25, -0.2) is 0 Å². The van der Waals surface area contributed by atoms with Crippen molar-refractivity contribution in [3.8, 4) is 5.75 Å². The summed E-state index contributed by atoms with van der Waals surface area (Å²) < 4.78 is 0. The standard InChI is InChI=1S/C16H28N2O/c1-5-6-7-10-16(3,4)12-17-11-14-15(19)9-8-13(2)18-14/h8-9,17,19H,5-7,10-12H2,1-4H3. The van der Waals surface area contributed by atoms with Crippen molar-refractivity contribution in [2.45, 2.75) is 59.9 Å². The predicted octanol–water partition coefficient (Wildman–Crippen LogP) is 3.79. The molecule has 0 unspecified atom stereocenters. The van der Waals surface area contributed by atoms with Gasteiger partial charge in [-0.2, -0.15) is 0 Å². The number of hydrogen-bond donors (Lipinski definition) is 2. The fraction of sp³-hybridized carbons (Fsp3) is 0.688. The van der Waals surface area contributed by atoms with Gasteiger partial charge in [-0.15, -0.1) is 0 Å². The van der Waals surface area contributed by atoms with Gasteiger partial charge in [0.25, 0.3) is 0 Å². The molecule has 1 heterocycles. The molecule has 0 radical (unpaired) electrons. The lowest BCUT2D eigenvalue weighted by Gasteiger charge is -2.25. The molecule has 0 amide bonds. The van der Waals surface area contributed by atoms with Crippen molar-refractivity contribution in [3.63, 3.8) is 0 Å². The number of aryl methyl sites for hydroxylation is 1. The van der Waals surface area contributed by atoms with Crippen LogP contribution in [-0.4, -0.2) is 16.6 Å². The average molecular weight is 264 g/mol. The third-order valence-electron chi connectivity index (χ3n) is 3.44. The first-order valence-corrected chi connectivity index (χ1v) is 7.31. The summed E-state index contributed by atoms with van der Waals surface area (Å²) in [5.41, 5.74) is 1.98. The first kappa shape index (κ1) is 16.0. The van der Waals surface area contributed by atoms with E-state index in [0.29, 0.717) is 12.0 Å². The fourth-order valence-corrected chi connectivity index (χ4v) is 2.19. The molecular weight excluding hydrogens is 236 g/mol. The van der Waals surface area contributed by atoms with Crippen molar-refractivity contribution in [1.82, 2.24) is 10.3 Å². The molecule has 0 saturated heterocycles. The molecule has 0 saturated carbocycles. The normalized spacial score (nSPS) is 11.8. The van der Waals surface area contributed by atoms with Crippen LogP contribution in [0, 0.1) is 12.3 Å². The Bertz CT molecular complexity index is 388. The number of pyridine rings is 1. The highest BCUT2D eigenvalue weighted by atomic mass is 16.3. The lowest BCUT2D eigenvalue weighted by Crippen LogP contribution is -2.29. The van der Waals surface area contributed by atoms with E-state index in [0.717, 1.165) is 17.9 Å². The second-order valence-electron chi connectivity index (χ2n) is 6.14. The number of aromatic nitrogens is 1. The van der Waals surface area contributed by atoms with Gasteiger partial charge in [0.1, 0.15) is 5.75 Å². The van der Waals surface area contributed by atoms with Crippen LogP contribution in [0.3, 0.4) is 0 Å². The molecular formula is C16H28N2O. The quantitative estimate of drug-likeness (QED) is 0.702. The van der Waals surface area contributed by atoms with Crippen molar-refractivity contribution in [1.29, 1.82) is 0 Å². The monoisotopic (exact) mass is 264 g/mol. The molecule has 2 N–H and O–H groups in total. The Balaban J connectivity index is 2.38. The van der Waals surface area contributed by atoms with Crippen LogP contribution in [0.1, 0.15) is 57.8 Å². The molecule has 0 aromatic carbocycles. The first-order chi connectivity index (χ1) is 8.94. The van der Waals surface area contributed by atoms with Gasteiger partial charge >= 0.3 is 0 Å². The minimum Gasteiger partial charge on any atom is -0.506 e. The van der Waals surface area contributed by atoms with E-state index >= 15 is 0 Å². The smallest absolute Gasteiger partial charge is 0.138 e. The van der Waals surface area contributed by atoms with E-state index in [1.807, 2.05) is 13.0 Å². The predicted molar refractivity (Wildman–Crippen MR) is 80.3 cm³/mol. The van der Waals surface area contributed by atoms with Crippen LogP contribution in [0.25, 0.3) is 0 Å². The van der Waals surface area contributed by atoms with Gasteiger partial charge < -0.3 is 10.4 Å². The Morgan fingerprint density at radius 2 is 2.00 bits per heavy atom. The molecule has 3 heteroatoms. The Morgan fingerprint density at radius 3 is 2.68 bits per heavy atom. The van der Waals surface area contributed by atoms with Crippen LogP contribution < -0.4 is 5.32 Å². The Hall–Kier alpha value is -1.09. The molecule has 1 aromatic rings. The molecule has 1 aromatic heterocycles. The van der Waals surface area contributed by atoms with Gasteiger partial charge in [0.2, 0.25) is 0 Å². The van der Waals surface area contributed by atoms with Gasteiger partial charge in [-0.05, 0) is 30.9 Å². The number of nitrogens with one attached hydrogen (secondary N) is 1. The van der Waals surface area contributed by atoms with Crippen molar-refractivity contribution in [2.75, 3.05) is 6.54 Å². The zero-order chi connectivity index (χ0) is 14.3. The summed E-state index contributed by atoms with van der Waals surface area (Å²) >= 11 is 0. The Morgan fingerprint density at radius 1 is 1.26 bits per heavy atom. The van der Waals surface area contributed by atoms with Crippen LogP contribution in [0.5, 0.6) is 5.75 Å². The van der Waals surface area contributed by atoms with Crippen LogP contribution in [0.2, 0.25) is 0 Å². The lowest BCUT2D eigenvalue weighted by atomic mass is 9.87. The van der Waals surface area contributed by atoms with E-state index in [1.165, 1.54) is 25.7 Å². The summed E-state index contributed by atoms with van der Waals surface area (Å²) in [6, 6.07) is 3.54. The minimum atomic E-state index is 0.280. The minimum absolute atomic E-state index is 0.280. The Kier molecular flexibility index (Phi) is 6.29. The molecule has 108 valence electrons. The van der Waals surface area contributed by atoms with E-state index in [1.54, 1.807) is 6.07 Å². The number of aromatic hydroxyl groups is 1. The highest BCUT2D eigenvalue weighted by molar-refractivity contribution is 5.27. The molecule has 3 nitrogen and oxygen atoms in total. The first-order valence-electron chi connectivity index (χ1n) is 7.31. The molecule has 0 aliphatic heterocycles. The van der Waals surface area contributed by atoms with Crippen molar-refractivity contribution >= 4 is 0 Å². The summed E-state index contributed by atoms with van der Waals surface area (Å²) in [7, 11) is 0. The molecule has 0 aliphatic carbocycles. The molecule has 0 bridgehead atoms. The molecule has 0 fully saturated rings. The van der Waals surface area contributed by atoms with Crippen LogP contribution >= 0.6 is 0 Å². The SMILES string of the molecule is CCCCCC(C)(C)CNCc1nc(C)ccc1O. The molecule has 19 heavy (non-hydrogen) atoms. The highest BCUT2D eigenvalue weighted by Crippen LogP contribution is 2.23. The van der Waals surface area contributed by atoms with E-state index < -0.39 is 0 Å². The maximum absolute atomic E-state index is 9.74. The van der Waals surface area contributed by atoms with E-state index in [2.05, 4.69) is 31.1 Å². The van der Waals surface area contributed by atoms with E-state index in [4.69, 9.17) is 0 Å². The highest BCUT2D eigenvalue weighted by Gasteiger charge is 2.17. The summed E-state index contributed by atoms with van der Waals surface area (Å²) in [6.07, 6.45) is 5.11. The third-order valence-corrected chi connectivity index (χ3v) is 3.44. The Labute approximate surface area is 117 Å². The summed E-state index contributed by atoms with van der Waals surface area (Å²) in [5.74, 6) is 0.280. The number of rotatable bonds is 8. The zero-order valence-corrected chi connectivity index (χ0v) is 12.8. The molecule has 0 atom stereocenters. The van der Waals surface area contributed by atoms with Gasteiger partial charge in [0.05, 0.1) is 5.69 Å². The second-order valence-corrected chi connectivity index (χ2v) is 6.14. The second kappa shape index (κ2) is 7.49. The van der Waals surface area contributed by atoms with Gasteiger partial charge in [0.15, 0.2) is 0 Å². The summed E-state index contributed by atoms with van der Waals surface area (Å²) in [5, 5.41) is 13.1. The van der Waals surface area contributed by atoms with Crippen LogP contribution in [0.4, 0.5) is 0 Å². The maximum atomic E-state index is 9.74. The molecule has 0 spiro atoms. The van der Waals surface area contributed by atoms with Crippen molar-refractivity contribution < 1.29 is 5.11 Å². The van der Waals surface area contributed by atoms with Crippen LogP contribution in [0.15, 0.2) is 12.1 Å².